The molecule has 5 N–H and O–H groups in total. The van der Waals surface area contributed by atoms with Crippen LogP contribution in [-0.4, -0.2) is 66.2 Å². The number of nitrogens with two attached hydrogens (primary N) is 1. The Morgan fingerprint density at radius 2 is 2.03 bits per heavy atom. The molecule has 3 rings (SSSR count). The largest absolute Gasteiger partial charge is 0.470 e. The molecule has 30 heavy (non-hydrogen) atoms. The summed E-state index contributed by atoms with van der Waals surface area (Å²) in [5.74, 6) is -1.72. The fourth-order valence-electron chi connectivity index (χ4n) is 3.00. The minimum absolute atomic E-state index is 0.0403. The predicted octanol–water partition coefficient (Wildman–Crippen LogP) is -1.43. The van der Waals surface area contributed by atoms with Gasteiger partial charge in [0.25, 0.3) is 5.56 Å². The quantitative estimate of drug-likeness (QED) is 0.295. The van der Waals surface area contributed by atoms with Crippen molar-refractivity contribution in [3.63, 3.8) is 0 Å². The van der Waals surface area contributed by atoms with Gasteiger partial charge in [0.2, 0.25) is 5.95 Å². The highest BCUT2D eigenvalue weighted by Gasteiger charge is 2.52. The number of aromatic nitrogens is 4. The van der Waals surface area contributed by atoms with Gasteiger partial charge in [0.15, 0.2) is 23.5 Å². The summed E-state index contributed by atoms with van der Waals surface area (Å²) in [7, 11) is -5.07. The van der Waals surface area contributed by atoms with Crippen LogP contribution in [0.15, 0.2) is 11.1 Å². The maximum atomic E-state index is 12.0. The molecule has 1 saturated heterocycles. The monoisotopic (exact) mass is 447 g/mol. The SMILES string of the molecule is CC(=O)OC[C@H]1O[C@@H](n2cnc3c(=O)[nH]c(N)nc32)[C@H](OC(C)=O)[C@@H]1OP(=O)(O)O. The Morgan fingerprint density at radius 1 is 1.33 bits per heavy atom. The topological polar surface area (TPSA) is 218 Å². The van der Waals surface area contributed by atoms with Crippen LogP contribution >= 0.6 is 7.82 Å². The number of rotatable bonds is 6. The van der Waals surface area contributed by atoms with Crippen molar-refractivity contribution < 1.29 is 42.7 Å². The van der Waals surface area contributed by atoms with Gasteiger partial charge in [0.1, 0.15) is 18.8 Å². The number of nitrogen functional groups attached to an aromatic ring is 1. The number of fused-ring (bicyclic) bond motifs is 1. The van der Waals surface area contributed by atoms with Crippen molar-refractivity contribution in [2.75, 3.05) is 12.3 Å². The molecule has 16 heteroatoms. The van der Waals surface area contributed by atoms with Crippen LogP contribution in [0.5, 0.6) is 0 Å². The molecule has 164 valence electrons. The summed E-state index contributed by atoms with van der Waals surface area (Å²) in [5, 5.41) is 0. The number of hydrogen-bond acceptors (Lipinski definition) is 11. The average Bonchev–Trinajstić information content (AvgIpc) is 3.14. The Hall–Kier alpha value is -2.84. The van der Waals surface area contributed by atoms with Gasteiger partial charge in [-0.05, 0) is 0 Å². The number of imidazole rings is 1. The zero-order valence-corrected chi connectivity index (χ0v) is 16.5. The second kappa shape index (κ2) is 8.12. The number of H-pyrrole nitrogens is 1. The summed E-state index contributed by atoms with van der Waals surface area (Å²) in [6.07, 6.45) is -4.33. The zero-order valence-electron chi connectivity index (χ0n) is 15.6. The van der Waals surface area contributed by atoms with Crippen molar-refractivity contribution in [3.8, 4) is 0 Å². The van der Waals surface area contributed by atoms with Gasteiger partial charge in [-0.1, -0.05) is 0 Å². The maximum absolute atomic E-state index is 12.0. The van der Waals surface area contributed by atoms with Crippen molar-refractivity contribution in [1.82, 2.24) is 19.5 Å². The molecule has 0 bridgehead atoms. The molecule has 3 heterocycles. The molecule has 0 amide bonds. The lowest BCUT2D eigenvalue weighted by atomic mass is 10.1. The zero-order chi connectivity index (χ0) is 22.2. The van der Waals surface area contributed by atoms with Gasteiger partial charge < -0.3 is 29.7 Å². The highest BCUT2D eigenvalue weighted by molar-refractivity contribution is 7.46. The summed E-state index contributed by atoms with van der Waals surface area (Å²) in [5.41, 5.74) is 4.78. The number of ether oxygens (including phenoxy) is 3. The van der Waals surface area contributed by atoms with Gasteiger partial charge in [-0.15, -0.1) is 0 Å². The lowest BCUT2D eigenvalue weighted by Gasteiger charge is -2.24. The summed E-state index contributed by atoms with van der Waals surface area (Å²) >= 11 is 0. The number of phosphoric acid groups is 1. The number of nitrogens with zero attached hydrogens (tertiary/aromatic N) is 3. The Bertz CT molecular complexity index is 1080. The molecule has 0 radical (unpaired) electrons. The number of hydrogen-bond donors (Lipinski definition) is 4. The Labute approximate surface area is 167 Å². The van der Waals surface area contributed by atoms with Gasteiger partial charge >= 0.3 is 19.8 Å². The third-order valence-corrected chi connectivity index (χ3v) is 4.54. The molecular formula is C14H18N5O10P. The first-order chi connectivity index (χ1) is 14.0. The minimum Gasteiger partial charge on any atom is -0.463 e. The van der Waals surface area contributed by atoms with Crippen molar-refractivity contribution in [2.24, 2.45) is 0 Å². The molecule has 4 atom stereocenters. The third kappa shape index (κ3) is 4.66. The minimum atomic E-state index is -5.07. The highest BCUT2D eigenvalue weighted by Crippen LogP contribution is 2.45. The fraction of sp³-hybridized carbons (Fsp3) is 0.500. The molecule has 0 aromatic carbocycles. The van der Waals surface area contributed by atoms with Gasteiger partial charge in [-0.25, -0.2) is 9.55 Å². The van der Waals surface area contributed by atoms with Crippen molar-refractivity contribution in [3.05, 3.63) is 16.7 Å². The van der Waals surface area contributed by atoms with Crippen molar-refractivity contribution in [2.45, 2.75) is 38.4 Å². The number of anilines is 1. The first-order valence-electron chi connectivity index (χ1n) is 8.38. The van der Waals surface area contributed by atoms with E-state index in [1.807, 2.05) is 0 Å². The number of carbonyl (C=O) groups excluding carboxylic acids is 2. The number of nitrogens with one attached hydrogen (secondary N) is 1. The molecule has 1 aliphatic heterocycles. The summed E-state index contributed by atoms with van der Waals surface area (Å²) in [4.78, 5) is 63.6. The Balaban J connectivity index is 2.07. The van der Waals surface area contributed by atoms with Gasteiger partial charge in [0.05, 0.1) is 6.33 Å². The van der Waals surface area contributed by atoms with E-state index in [0.29, 0.717) is 0 Å². The summed E-state index contributed by atoms with van der Waals surface area (Å²) < 4.78 is 33.2. The van der Waals surface area contributed by atoms with E-state index in [4.69, 9.17) is 24.5 Å². The van der Waals surface area contributed by atoms with E-state index < -0.39 is 56.5 Å². The first kappa shape index (κ1) is 21.9. The van der Waals surface area contributed by atoms with E-state index in [2.05, 4.69) is 15.0 Å². The van der Waals surface area contributed by atoms with E-state index in [0.717, 1.165) is 20.2 Å². The summed E-state index contributed by atoms with van der Waals surface area (Å²) in [6.45, 7) is 1.73. The number of phosphoric ester groups is 1. The first-order valence-corrected chi connectivity index (χ1v) is 9.91. The molecule has 0 unspecified atom stereocenters. The number of aromatic amines is 1. The van der Waals surface area contributed by atoms with Gasteiger partial charge in [0, 0.05) is 13.8 Å². The van der Waals surface area contributed by atoms with E-state index in [1.165, 1.54) is 4.57 Å². The van der Waals surface area contributed by atoms with Crippen molar-refractivity contribution in [1.29, 1.82) is 0 Å². The average molecular weight is 447 g/mol. The second-order valence-electron chi connectivity index (χ2n) is 6.28. The van der Waals surface area contributed by atoms with Crippen LogP contribution in [-0.2, 0) is 32.9 Å². The van der Waals surface area contributed by atoms with Crippen LogP contribution in [0.25, 0.3) is 11.2 Å². The van der Waals surface area contributed by atoms with E-state index in [1.54, 1.807) is 0 Å². The molecule has 0 spiro atoms. The molecule has 2 aromatic rings. The summed E-state index contributed by atoms with van der Waals surface area (Å²) in [6, 6.07) is 0. The molecule has 2 aromatic heterocycles. The van der Waals surface area contributed by atoms with Crippen LogP contribution < -0.4 is 11.3 Å². The second-order valence-corrected chi connectivity index (χ2v) is 7.47. The van der Waals surface area contributed by atoms with Crippen LogP contribution in [0, 0.1) is 0 Å². The molecule has 1 fully saturated rings. The van der Waals surface area contributed by atoms with Crippen LogP contribution in [0.4, 0.5) is 5.95 Å². The van der Waals surface area contributed by atoms with Crippen molar-refractivity contribution >= 4 is 36.9 Å². The van der Waals surface area contributed by atoms with E-state index in [9.17, 15) is 28.7 Å². The van der Waals surface area contributed by atoms with Crippen LogP contribution in [0.1, 0.15) is 20.1 Å². The number of esters is 2. The molecule has 15 nitrogen and oxygen atoms in total. The highest BCUT2D eigenvalue weighted by atomic mass is 31.2. The van der Waals surface area contributed by atoms with Gasteiger partial charge in [-0.2, -0.15) is 4.98 Å². The molecule has 0 aliphatic carbocycles. The van der Waals surface area contributed by atoms with Crippen LogP contribution in [0.2, 0.25) is 0 Å². The van der Waals surface area contributed by atoms with Crippen LogP contribution in [0.3, 0.4) is 0 Å². The molecule has 0 saturated carbocycles. The fourth-order valence-corrected chi connectivity index (χ4v) is 3.57. The van der Waals surface area contributed by atoms with E-state index in [-0.39, 0.29) is 17.1 Å². The standard InChI is InChI=1S/C14H18N5O10P/c1-5(20)26-3-7-9(29-30(23,24)25)10(27-6(2)21)13(28-7)19-4-16-8-11(19)17-14(15)18-12(8)22/h4,7,9-10,13H,3H2,1-2H3,(H2,23,24,25)(H3,15,17,18,22)/t7-,9-,10-,13-/m1/s1. The maximum Gasteiger partial charge on any atom is 0.470 e. The molecule has 1 aliphatic rings. The Kier molecular flexibility index (Phi) is 5.92. The normalized spacial score (nSPS) is 24.1. The molecular weight excluding hydrogens is 429 g/mol. The number of carbonyl (C=O) groups is 2. The van der Waals surface area contributed by atoms with E-state index >= 15 is 0 Å². The predicted molar refractivity (Wildman–Crippen MR) is 95.6 cm³/mol. The smallest absolute Gasteiger partial charge is 0.463 e. The van der Waals surface area contributed by atoms with Gasteiger partial charge in [-0.3, -0.25) is 28.5 Å². The lowest BCUT2D eigenvalue weighted by molar-refractivity contribution is -0.155. The lowest BCUT2D eigenvalue weighted by Crippen LogP contribution is -2.39. The third-order valence-electron chi connectivity index (χ3n) is 4.02. The Morgan fingerprint density at radius 3 is 2.63 bits per heavy atom.